The van der Waals surface area contributed by atoms with E-state index in [1.54, 1.807) is 18.2 Å². The molecule has 0 amide bonds. The molecule has 0 aromatic heterocycles. The van der Waals surface area contributed by atoms with E-state index in [0.717, 1.165) is 12.1 Å². The first-order chi connectivity index (χ1) is 9.51. The third kappa shape index (κ3) is 2.99. The van der Waals surface area contributed by atoms with Crippen LogP contribution < -0.4 is 10.6 Å². The van der Waals surface area contributed by atoms with E-state index in [9.17, 15) is 19.1 Å². The topological polar surface area (TPSA) is 60.7 Å². The molecule has 3 N–H and O–H groups in total. The van der Waals surface area contributed by atoms with Gasteiger partial charge in [0.05, 0.1) is 0 Å². The summed E-state index contributed by atoms with van der Waals surface area (Å²) in [4.78, 5) is 32.0. The fourth-order valence-electron chi connectivity index (χ4n) is 2.32. The SMILES string of the molecule is CC(C)(C)c1ccccc1P(O)(O)(O)c1ccc(F)cc1. The Morgan fingerprint density at radius 2 is 1.38 bits per heavy atom. The van der Waals surface area contributed by atoms with Gasteiger partial charge < -0.3 is 0 Å². The summed E-state index contributed by atoms with van der Waals surface area (Å²) >= 11 is 0. The van der Waals surface area contributed by atoms with Gasteiger partial charge in [-0.15, -0.1) is 0 Å². The Hall–Kier alpha value is -1.32. The minimum atomic E-state index is -5.29. The van der Waals surface area contributed by atoms with E-state index in [0.29, 0.717) is 5.56 Å². The van der Waals surface area contributed by atoms with Crippen molar-refractivity contribution < 1.29 is 19.1 Å². The Balaban J connectivity index is 2.71. The number of hydrogen-bond donors (Lipinski definition) is 3. The van der Waals surface area contributed by atoms with Crippen LogP contribution in [0.15, 0.2) is 48.5 Å². The van der Waals surface area contributed by atoms with Gasteiger partial charge >= 0.3 is 123 Å². The van der Waals surface area contributed by atoms with Crippen molar-refractivity contribution >= 4 is 17.9 Å². The van der Waals surface area contributed by atoms with E-state index < -0.39 is 13.1 Å². The molecular formula is C16H20FO3P. The molecule has 0 aliphatic heterocycles. The molecule has 0 bridgehead atoms. The van der Waals surface area contributed by atoms with E-state index in [2.05, 4.69) is 0 Å². The van der Waals surface area contributed by atoms with Crippen LogP contribution in [0.3, 0.4) is 0 Å². The van der Waals surface area contributed by atoms with Gasteiger partial charge in [0.1, 0.15) is 0 Å². The third-order valence-electron chi connectivity index (χ3n) is 3.46. The summed E-state index contributed by atoms with van der Waals surface area (Å²) < 4.78 is 13.0. The zero-order valence-electron chi connectivity index (χ0n) is 12.3. The molecule has 2 aromatic carbocycles. The van der Waals surface area contributed by atoms with Crippen molar-refractivity contribution in [1.82, 2.24) is 0 Å². The van der Waals surface area contributed by atoms with E-state index in [1.807, 2.05) is 20.8 Å². The molecule has 0 saturated carbocycles. The second kappa shape index (κ2) is 4.85. The molecule has 0 radical (unpaired) electrons. The predicted octanol–water partition coefficient (Wildman–Crippen LogP) is 2.35. The molecule has 2 rings (SSSR count). The van der Waals surface area contributed by atoms with Crippen molar-refractivity contribution in [2.24, 2.45) is 0 Å². The summed E-state index contributed by atoms with van der Waals surface area (Å²) in [6.07, 6.45) is 0. The molecule has 21 heavy (non-hydrogen) atoms. The van der Waals surface area contributed by atoms with Crippen molar-refractivity contribution in [2.75, 3.05) is 0 Å². The molecule has 0 aliphatic carbocycles. The van der Waals surface area contributed by atoms with Gasteiger partial charge in [-0.1, -0.05) is 0 Å². The first-order valence-electron chi connectivity index (χ1n) is 6.63. The van der Waals surface area contributed by atoms with E-state index >= 15 is 0 Å². The van der Waals surface area contributed by atoms with Crippen LogP contribution in [0.1, 0.15) is 26.3 Å². The van der Waals surface area contributed by atoms with Gasteiger partial charge in [0.2, 0.25) is 0 Å². The number of halogens is 1. The van der Waals surface area contributed by atoms with Crippen LogP contribution in [0.4, 0.5) is 4.39 Å². The summed E-state index contributed by atoms with van der Waals surface area (Å²) in [5.74, 6) is -0.505. The average Bonchev–Trinajstić information content (AvgIpc) is 2.38. The van der Waals surface area contributed by atoms with Crippen molar-refractivity contribution in [1.29, 1.82) is 0 Å². The van der Waals surface area contributed by atoms with Gasteiger partial charge in [0, 0.05) is 0 Å². The molecule has 0 aliphatic rings. The fraction of sp³-hybridized carbons (Fsp3) is 0.250. The maximum atomic E-state index is 13.0. The van der Waals surface area contributed by atoms with Crippen molar-refractivity contribution in [3.8, 4) is 0 Å². The summed E-state index contributed by atoms with van der Waals surface area (Å²) in [5.41, 5.74) is 0.257. The van der Waals surface area contributed by atoms with Crippen LogP contribution >= 0.6 is 7.28 Å². The van der Waals surface area contributed by atoms with Crippen LogP contribution in [0.5, 0.6) is 0 Å². The standard InChI is InChI=1S/C16H20FO3P/c1-16(2,3)14-6-4-5-7-15(14)21(18,19,20)13-10-8-12(17)9-11-13/h4-11,18-20H,1-3H3. The van der Waals surface area contributed by atoms with Crippen molar-refractivity contribution in [2.45, 2.75) is 26.2 Å². The predicted molar refractivity (Wildman–Crippen MR) is 84.4 cm³/mol. The quantitative estimate of drug-likeness (QED) is 0.746. The zero-order chi connectivity index (χ0) is 15.9. The monoisotopic (exact) mass is 310 g/mol. The maximum absolute atomic E-state index is 13.0. The summed E-state index contributed by atoms with van der Waals surface area (Å²) in [6.45, 7) is 5.76. The van der Waals surface area contributed by atoms with Crippen molar-refractivity contribution in [3.05, 3.63) is 59.9 Å². The molecule has 0 saturated heterocycles. The Labute approximate surface area is 123 Å². The van der Waals surface area contributed by atoms with E-state index in [4.69, 9.17) is 0 Å². The Kier molecular flexibility index (Phi) is 3.71. The zero-order valence-corrected chi connectivity index (χ0v) is 13.2. The van der Waals surface area contributed by atoms with Gasteiger partial charge in [-0.3, -0.25) is 0 Å². The summed E-state index contributed by atoms with van der Waals surface area (Å²) in [5, 5.41) is 0.00158. The fourth-order valence-corrected chi connectivity index (χ4v) is 4.51. The number of hydrogen-bond acceptors (Lipinski definition) is 3. The first-order valence-corrected chi connectivity index (χ1v) is 8.73. The van der Waals surface area contributed by atoms with Gasteiger partial charge in [-0.2, -0.15) is 0 Å². The molecule has 0 fully saturated rings. The van der Waals surface area contributed by atoms with Crippen LogP contribution in [0.25, 0.3) is 0 Å². The van der Waals surface area contributed by atoms with E-state index in [-0.39, 0.29) is 16.0 Å². The molecule has 114 valence electrons. The third-order valence-corrected chi connectivity index (χ3v) is 5.98. The molecule has 0 atom stereocenters. The molecule has 0 unspecified atom stereocenters. The summed E-state index contributed by atoms with van der Waals surface area (Å²) in [7, 11) is -5.29. The molecule has 0 spiro atoms. The van der Waals surface area contributed by atoms with Gasteiger partial charge in [0.25, 0.3) is 0 Å². The Morgan fingerprint density at radius 1 is 0.857 bits per heavy atom. The van der Waals surface area contributed by atoms with E-state index in [1.165, 1.54) is 18.2 Å². The molecular weight excluding hydrogens is 290 g/mol. The first kappa shape index (κ1) is 16.1. The van der Waals surface area contributed by atoms with Crippen LogP contribution in [-0.4, -0.2) is 14.7 Å². The summed E-state index contributed by atoms with van der Waals surface area (Å²) in [6, 6.07) is 11.3. The van der Waals surface area contributed by atoms with Gasteiger partial charge in [-0.05, 0) is 0 Å². The van der Waals surface area contributed by atoms with Crippen LogP contribution in [-0.2, 0) is 5.41 Å². The molecule has 0 heterocycles. The minimum absolute atomic E-state index is 0.0842. The number of benzene rings is 2. The molecule has 5 heteroatoms. The second-order valence-corrected chi connectivity index (χ2v) is 9.18. The van der Waals surface area contributed by atoms with Crippen LogP contribution in [0, 0.1) is 5.82 Å². The molecule has 3 nitrogen and oxygen atoms in total. The molecule has 2 aromatic rings. The Bertz CT molecular complexity index is 652. The van der Waals surface area contributed by atoms with Crippen molar-refractivity contribution in [3.63, 3.8) is 0 Å². The Morgan fingerprint density at radius 3 is 1.90 bits per heavy atom. The number of rotatable bonds is 2. The van der Waals surface area contributed by atoms with Gasteiger partial charge in [0.15, 0.2) is 0 Å². The average molecular weight is 310 g/mol. The normalized spacial score (nSPS) is 14.5. The second-order valence-electron chi connectivity index (χ2n) is 6.22. The van der Waals surface area contributed by atoms with Gasteiger partial charge in [-0.25, -0.2) is 0 Å². The van der Waals surface area contributed by atoms with Crippen LogP contribution in [0.2, 0.25) is 0 Å².